The van der Waals surface area contributed by atoms with Gasteiger partial charge in [-0.2, -0.15) is 0 Å². The van der Waals surface area contributed by atoms with E-state index in [4.69, 9.17) is 9.84 Å². The van der Waals surface area contributed by atoms with Gasteiger partial charge in [-0.25, -0.2) is 0 Å². The quantitative estimate of drug-likeness (QED) is 0.874. The van der Waals surface area contributed by atoms with E-state index in [0.717, 1.165) is 44.5 Å². The van der Waals surface area contributed by atoms with Gasteiger partial charge in [0, 0.05) is 26.1 Å². The number of aryl methyl sites for hydroxylation is 1. The summed E-state index contributed by atoms with van der Waals surface area (Å²) in [5, 5.41) is 9.11. The highest BCUT2D eigenvalue weighted by molar-refractivity contribution is 5.76. The largest absolute Gasteiger partial charge is 0.497 e. The zero-order valence-corrected chi connectivity index (χ0v) is 12.8. The Hall–Kier alpha value is -1.55. The Morgan fingerprint density at radius 3 is 2.52 bits per heavy atom. The Bertz CT molecular complexity index is 436. The molecule has 0 saturated carbocycles. The molecule has 1 amide bonds. The van der Waals surface area contributed by atoms with Crippen LogP contribution in [0.2, 0.25) is 0 Å². The van der Waals surface area contributed by atoms with Crippen molar-refractivity contribution in [1.82, 2.24) is 4.90 Å². The molecule has 4 heteroatoms. The molecule has 1 heterocycles. The Kier molecular flexibility index (Phi) is 6.05. The summed E-state index contributed by atoms with van der Waals surface area (Å²) in [6, 6.07) is 8.01. The van der Waals surface area contributed by atoms with Crippen molar-refractivity contribution in [2.24, 2.45) is 5.92 Å². The van der Waals surface area contributed by atoms with Crippen LogP contribution in [0.3, 0.4) is 0 Å². The van der Waals surface area contributed by atoms with Gasteiger partial charge < -0.3 is 14.7 Å². The maximum absolute atomic E-state index is 12.1. The van der Waals surface area contributed by atoms with Crippen LogP contribution in [0.1, 0.15) is 31.2 Å². The van der Waals surface area contributed by atoms with Gasteiger partial charge in [-0.15, -0.1) is 0 Å². The van der Waals surface area contributed by atoms with Crippen LogP contribution >= 0.6 is 0 Å². The predicted molar refractivity (Wildman–Crippen MR) is 82.3 cm³/mol. The summed E-state index contributed by atoms with van der Waals surface area (Å²) < 4.78 is 5.13. The first-order chi connectivity index (χ1) is 10.2. The van der Waals surface area contributed by atoms with E-state index in [1.807, 2.05) is 17.0 Å². The Morgan fingerprint density at radius 2 is 1.95 bits per heavy atom. The molecule has 1 N–H and O–H groups in total. The highest BCUT2D eigenvalue weighted by atomic mass is 16.5. The van der Waals surface area contributed by atoms with E-state index in [1.54, 1.807) is 7.11 Å². The molecule has 21 heavy (non-hydrogen) atoms. The minimum absolute atomic E-state index is 0.250. The lowest BCUT2D eigenvalue weighted by molar-refractivity contribution is -0.132. The van der Waals surface area contributed by atoms with Crippen LogP contribution in [-0.2, 0) is 11.2 Å². The minimum atomic E-state index is 0.250. The fraction of sp³-hybridized carbons (Fsp3) is 0.588. The summed E-state index contributed by atoms with van der Waals surface area (Å²) in [6.07, 6.45) is 4.27. The lowest BCUT2D eigenvalue weighted by Gasteiger charge is -2.31. The van der Waals surface area contributed by atoms with E-state index < -0.39 is 0 Å². The van der Waals surface area contributed by atoms with Crippen molar-refractivity contribution in [3.05, 3.63) is 29.8 Å². The number of hydrogen-bond donors (Lipinski definition) is 1. The number of hydrogen-bond acceptors (Lipinski definition) is 3. The number of piperidine rings is 1. The molecule has 1 fully saturated rings. The molecule has 1 aliphatic rings. The highest BCUT2D eigenvalue weighted by Crippen LogP contribution is 2.18. The minimum Gasteiger partial charge on any atom is -0.497 e. The molecular weight excluding hydrogens is 266 g/mol. The van der Waals surface area contributed by atoms with E-state index in [-0.39, 0.29) is 12.5 Å². The van der Waals surface area contributed by atoms with Crippen LogP contribution < -0.4 is 4.74 Å². The van der Waals surface area contributed by atoms with E-state index in [1.165, 1.54) is 5.56 Å². The van der Waals surface area contributed by atoms with Gasteiger partial charge in [-0.3, -0.25) is 4.79 Å². The normalized spacial score (nSPS) is 16.0. The van der Waals surface area contributed by atoms with Crippen LogP contribution in [0.15, 0.2) is 24.3 Å². The third-order valence-corrected chi connectivity index (χ3v) is 4.24. The Morgan fingerprint density at radius 1 is 1.29 bits per heavy atom. The first-order valence-electron chi connectivity index (χ1n) is 7.74. The van der Waals surface area contributed by atoms with Crippen molar-refractivity contribution in [3.63, 3.8) is 0 Å². The molecular formula is C17H25NO3. The lowest BCUT2D eigenvalue weighted by Crippen LogP contribution is -2.39. The number of carbonyl (C=O) groups excluding carboxylic acids is 1. The summed E-state index contributed by atoms with van der Waals surface area (Å²) in [4.78, 5) is 14.1. The number of aliphatic hydroxyl groups excluding tert-OH is 1. The van der Waals surface area contributed by atoms with E-state index in [0.29, 0.717) is 12.3 Å². The number of rotatable bonds is 6. The van der Waals surface area contributed by atoms with Gasteiger partial charge in [-0.1, -0.05) is 12.1 Å². The number of aliphatic hydroxyl groups is 1. The van der Waals surface area contributed by atoms with Crippen molar-refractivity contribution in [1.29, 1.82) is 0 Å². The van der Waals surface area contributed by atoms with Gasteiger partial charge >= 0.3 is 0 Å². The molecule has 4 nitrogen and oxygen atoms in total. The second kappa shape index (κ2) is 8.03. The molecule has 2 rings (SSSR count). The number of benzene rings is 1. The SMILES string of the molecule is COc1ccc(CCCC(=O)N2CCC(CO)CC2)cc1. The van der Waals surface area contributed by atoms with Crippen molar-refractivity contribution >= 4 is 5.91 Å². The Balaban J connectivity index is 1.69. The third-order valence-electron chi connectivity index (χ3n) is 4.24. The summed E-state index contributed by atoms with van der Waals surface area (Å²) in [5.74, 6) is 1.50. The molecule has 0 bridgehead atoms. The Labute approximate surface area is 126 Å². The molecule has 116 valence electrons. The number of nitrogens with zero attached hydrogens (tertiary/aromatic N) is 1. The highest BCUT2D eigenvalue weighted by Gasteiger charge is 2.21. The van der Waals surface area contributed by atoms with Gasteiger partial charge in [0.1, 0.15) is 5.75 Å². The number of amides is 1. The van der Waals surface area contributed by atoms with E-state index >= 15 is 0 Å². The van der Waals surface area contributed by atoms with Crippen LogP contribution in [0, 0.1) is 5.92 Å². The number of methoxy groups -OCH3 is 1. The van der Waals surface area contributed by atoms with Crippen LogP contribution in [0.5, 0.6) is 5.75 Å². The standard InChI is InChI=1S/C17H25NO3/c1-21-16-7-5-14(6-8-16)3-2-4-17(20)18-11-9-15(13-19)10-12-18/h5-8,15,19H,2-4,9-13H2,1H3. The summed E-state index contributed by atoms with van der Waals surface area (Å²) in [6.45, 7) is 1.85. The van der Waals surface area contributed by atoms with Gasteiger partial charge in [0.2, 0.25) is 5.91 Å². The first-order valence-corrected chi connectivity index (χ1v) is 7.74. The first kappa shape index (κ1) is 15.8. The lowest BCUT2D eigenvalue weighted by atomic mass is 9.97. The molecule has 0 spiro atoms. The molecule has 0 aromatic heterocycles. The molecule has 0 atom stereocenters. The zero-order valence-electron chi connectivity index (χ0n) is 12.8. The maximum atomic E-state index is 12.1. The predicted octanol–water partition coefficient (Wildman–Crippen LogP) is 2.25. The smallest absolute Gasteiger partial charge is 0.222 e. The fourth-order valence-corrected chi connectivity index (χ4v) is 2.76. The molecule has 0 aliphatic carbocycles. The van der Waals surface area contributed by atoms with Crippen molar-refractivity contribution in [2.45, 2.75) is 32.1 Å². The summed E-state index contributed by atoms with van der Waals surface area (Å²) in [7, 11) is 1.66. The van der Waals surface area contributed by atoms with Crippen LogP contribution in [0.4, 0.5) is 0 Å². The average Bonchev–Trinajstić information content (AvgIpc) is 2.55. The van der Waals surface area contributed by atoms with Gasteiger partial charge in [-0.05, 0) is 49.3 Å². The monoisotopic (exact) mass is 291 g/mol. The van der Waals surface area contributed by atoms with E-state index in [9.17, 15) is 4.79 Å². The molecule has 1 aromatic carbocycles. The summed E-state index contributed by atoms with van der Waals surface area (Å²) >= 11 is 0. The van der Waals surface area contributed by atoms with Crippen LogP contribution in [0.25, 0.3) is 0 Å². The van der Waals surface area contributed by atoms with Gasteiger partial charge in [0.25, 0.3) is 0 Å². The average molecular weight is 291 g/mol. The molecule has 1 aromatic rings. The molecule has 1 aliphatic heterocycles. The number of ether oxygens (including phenoxy) is 1. The molecule has 0 radical (unpaired) electrons. The molecule has 1 saturated heterocycles. The number of carbonyl (C=O) groups is 1. The van der Waals surface area contributed by atoms with Crippen molar-refractivity contribution in [3.8, 4) is 5.75 Å². The second-order valence-corrected chi connectivity index (χ2v) is 5.71. The second-order valence-electron chi connectivity index (χ2n) is 5.71. The third kappa shape index (κ3) is 4.74. The summed E-state index contributed by atoms with van der Waals surface area (Å²) in [5.41, 5.74) is 1.24. The van der Waals surface area contributed by atoms with Crippen molar-refractivity contribution < 1.29 is 14.6 Å². The van der Waals surface area contributed by atoms with E-state index in [2.05, 4.69) is 12.1 Å². The fourth-order valence-electron chi connectivity index (χ4n) is 2.76. The zero-order chi connectivity index (χ0) is 15.1. The number of likely N-dealkylation sites (tertiary alicyclic amines) is 1. The van der Waals surface area contributed by atoms with Gasteiger partial charge in [0.15, 0.2) is 0 Å². The van der Waals surface area contributed by atoms with Crippen molar-refractivity contribution in [2.75, 3.05) is 26.8 Å². The topological polar surface area (TPSA) is 49.8 Å². The van der Waals surface area contributed by atoms with Gasteiger partial charge in [0.05, 0.1) is 7.11 Å². The molecule has 0 unspecified atom stereocenters. The van der Waals surface area contributed by atoms with Crippen LogP contribution in [-0.4, -0.2) is 42.7 Å². The maximum Gasteiger partial charge on any atom is 0.222 e.